The van der Waals surface area contributed by atoms with Crippen LogP contribution in [0.3, 0.4) is 0 Å². The van der Waals surface area contributed by atoms with E-state index in [0.29, 0.717) is 5.41 Å². The fraction of sp³-hybridized carbons (Fsp3) is 0.571. The molecule has 1 heteroatoms. The van der Waals surface area contributed by atoms with E-state index in [4.69, 9.17) is 0 Å². The number of aryl methyl sites for hydroxylation is 2. The van der Waals surface area contributed by atoms with Gasteiger partial charge < -0.3 is 5.32 Å². The van der Waals surface area contributed by atoms with E-state index in [2.05, 4.69) is 58.1 Å². The Kier molecular flexibility index (Phi) is 3.78. The normalized spacial score (nSPS) is 11.5. The zero-order chi connectivity index (χ0) is 11.5. The molecule has 0 aliphatic rings. The third-order valence-corrected chi connectivity index (χ3v) is 2.71. The van der Waals surface area contributed by atoms with Crippen molar-refractivity contribution in [2.75, 3.05) is 11.9 Å². The Labute approximate surface area is 93.9 Å². The largest absolute Gasteiger partial charge is 0.385 e. The van der Waals surface area contributed by atoms with E-state index in [1.54, 1.807) is 0 Å². The van der Waals surface area contributed by atoms with E-state index in [1.807, 2.05) is 0 Å². The van der Waals surface area contributed by atoms with E-state index in [9.17, 15) is 0 Å². The van der Waals surface area contributed by atoms with Crippen LogP contribution in [0.15, 0.2) is 18.2 Å². The minimum Gasteiger partial charge on any atom is -0.385 e. The summed E-state index contributed by atoms with van der Waals surface area (Å²) in [5.41, 5.74) is 4.36. The van der Waals surface area contributed by atoms with Crippen LogP contribution in [0.5, 0.6) is 0 Å². The third-order valence-electron chi connectivity index (χ3n) is 2.71. The van der Waals surface area contributed by atoms with Gasteiger partial charge in [0.05, 0.1) is 0 Å². The second kappa shape index (κ2) is 4.69. The summed E-state index contributed by atoms with van der Waals surface area (Å²) < 4.78 is 0. The fourth-order valence-electron chi connectivity index (χ4n) is 1.43. The van der Waals surface area contributed by atoms with Crippen LogP contribution in [-0.4, -0.2) is 6.54 Å². The van der Waals surface area contributed by atoms with E-state index in [1.165, 1.54) is 23.2 Å². The molecule has 1 N–H and O–H groups in total. The average molecular weight is 205 g/mol. The lowest BCUT2D eigenvalue weighted by Gasteiger charge is -2.18. The van der Waals surface area contributed by atoms with Crippen LogP contribution in [0.1, 0.15) is 38.3 Å². The molecule has 0 fully saturated rings. The van der Waals surface area contributed by atoms with Gasteiger partial charge in [0.2, 0.25) is 0 Å². The lowest BCUT2D eigenvalue weighted by molar-refractivity contribution is 0.390. The molecule has 0 spiro atoms. The zero-order valence-electron chi connectivity index (χ0n) is 10.6. The van der Waals surface area contributed by atoms with Crippen molar-refractivity contribution in [1.82, 2.24) is 0 Å². The molecule has 0 saturated heterocycles. The van der Waals surface area contributed by atoms with Gasteiger partial charge in [-0.15, -0.1) is 0 Å². The van der Waals surface area contributed by atoms with E-state index < -0.39 is 0 Å². The molecule has 0 aromatic heterocycles. The summed E-state index contributed by atoms with van der Waals surface area (Å²) in [7, 11) is 0. The van der Waals surface area contributed by atoms with Crippen molar-refractivity contribution < 1.29 is 0 Å². The van der Waals surface area contributed by atoms with Crippen LogP contribution in [0.2, 0.25) is 0 Å². The fourth-order valence-corrected chi connectivity index (χ4v) is 1.43. The Balaban J connectivity index is 2.48. The van der Waals surface area contributed by atoms with Gasteiger partial charge in [-0.1, -0.05) is 26.8 Å². The molecule has 1 nitrogen and oxygen atoms in total. The van der Waals surface area contributed by atoms with Crippen LogP contribution in [0.4, 0.5) is 5.69 Å². The smallest absolute Gasteiger partial charge is 0.0343 e. The highest BCUT2D eigenvalue weighted by Crippen LogP contribution is 2.19. The van der Waals surface area contributed by atoms with Gasteiger partial charge in [-0.3, -0.25) is 0 Å². The van der Waals surface area contributed by atoms with Crippen molar-refractivity contribution >= 4 is 5.69 Å². The predicted octanol–water partition coefficient (Wildman–Crippen LogP) is 4.15. The van der Waals surface area contributed by atoms with Crippen molar-refractivity contribution in [2.45, 2.75) is 41.0 Å². The molecule has 0 amide bonds. The van der Waals surface area contributed by atoms with Gasteiger partial charge >= 0.3 is 0 Å². The highest BCUT2D eigenvalue weighted by molar-refractivity contribution is 5.47. The second-order valence-corrected chi connectivity index (χ2v) is 5.54. The van der Waals surface area contributed by atoms with Gasteiger partial charge in [0.25, 0.3) is 0 Å². The molecular weight excluding hydrogens is 182 g/mol. The van der Waals surface area contributed by atoms with Gasteiger partial charge in [0, 0.05) is 12.2 Å². The summed E-state index contributed by atoms with van der Waals surface area (Å²) in [6.07, 6.45) is 1.19. The molecule has 0 bridgehead atoms. The van der Waals surface area contributed by atoms with Gasteiger partial charge in [0.1, 0.15) is 0 Å². The molecule has 0 atom stereocenters. The summed E-state index contributed by atoms with van der Waals surface area (Å²) in [6, 6.07) is 6.55. The first-order valence-corrected chi connectivity index (χ1v) is 5.70. The standard InChI is InChI=1S/C14H23N/c1-11-6-7-13(10-12(11)2)15-9-8-14(3,4)5/h6-7,10,15H,8-9H2,1-5H3. The number of anilines is 1. The molecular formula is C14H23N. The predicted molar refractivity (Wildman–Crippen MR) is 68.5 cm³/mol. The minimum absolute atomic E-state index is 0.409. The number of hydrogen-bond donors (Lipinski definition) is 1. The first kappa shape index (κ1) is 12.1. The number of rotatable bonds is 3. The van der Waals surface area contributed by atoms with Crippen molar-refractivity contribution in [3.8, 4) is 0 Å². The summed E-state index contributed by atoms with van der Waals surface area (Å²) in [5.74, 6) is 0. The van der Waals surface area contributed by atoms with Crippen LogP contribution >= 0.6 is 0 Å². The monoisotopic (exact) mass is 205 g/mol. The van der Waals surface area contributed by atoms with Gasteiger partial charge in [-0.25, -0.2) is 0 Å². The maximum atomic E-state index is 3.47. The van der Waals surface area contributed by atoms with Crippen LogP contribution < -0.4 is 5.32 Å². The highest BCUT2D eigenvalue weighted by Gasteiger charge is 2.08. The van der Waals surface area contributed by atoms with Crippen LogP contribution in [-0.2, 0) is 0 Å². The first-order valence-electron chi connectivity index (χ1n) is 5.70. The molecule has 0 saturated carbocycles. The van der Waals surface area contributed by atoms with Crippen molar-refractivity contribution in [2.24, 2.45) is 5.41 Å². The molecule has 0 aliphatic carbocycles. The van der Waals surface area contributed by atoms with Gasteiger partial charge in [-0.2, -0.15) is 0 Å². The Morgan fingerprint density at radius 1 is 1.07 bits per heavy atom. The SMILES string of the molecule is Cc1ccc(NCCC(C)(C)C)cc1C. The summed E-state index contributed by atoms with van der Waals surface area (Å²) in [4.78, 5) is 0. The third kappa shape index (κ3) is 4.37. The number of benzene rings is 1. The highest BCUT2D eigenvalue weighted by atomic mass is 14.9. The molecule has 15 heavy (non-hydrogen) atoms. The van der Waals surface area contributed by atoms with Crippen molar-refractivity contribution in [1.29, 1.82) is 0 Å². The summed E-state index contributed by atoms with van der Waals surface area (Å²) in [6.45, 7) is 12.2. The minimum atomic E-state index is 0.409. The van der Waals surface area contributed by atoms with E-state index >= 15 is 0 Å². The molecule has 0 unspecified atom stereocenters. The van der Waals surface area contributed by atoms with E-state index in [0.717, 1.165) is 6.54 Å². The Hall–Kier alpha value is -0.980. The molecule has 0 radical (unpaired) electrons. The van der Waals surface area contributed by atoms with Gasteiger partial charge in [0.15, 0.2) is 0 Å². The van der Waals surface area contributed by atoms with Crippen LogP contribution in [0, 0.1) is 19.3 Å². The Bertz CT molecular complexity index is 321. The number of hydrogen-bond acceptors (Lipinski definition) is 1. The number of nitrogens with one attached hydrogen (secondary N) is 1. The lowest BCUT2D eigenvalue weighted by atomic mass is 9.92. The quantitative estimate of drug-likeness (QED) is 0.781. The molecule has 84 valence electrons. The Morgan fingerprint density at radius 2 is 1.73 bits per heavy atom. The van der Waals surface area contributed by atoms with Crippen molar-refractivity contribution in [3.63, 3.8) is 0 Å². The second-order valence-electron chi connectivity index (χ2n) is 5.54. The van der Waals surface area contributed by atoms with Crippen molar-refractivity contribution in [3.05, 3.63) is 29.3 Å². The molecule has 1 rings (SSSR count). The topological polar surface area (TPSA) is 12.0 Å². The van der Waals surface area contributed by atoms with E-state index in [-0.39, 0.29) is 0 Å². The van der Waals surface area contributed by atoms with Crippen LogP contribution in [0.25, 0.3) is 0 Å². The lowest BCUT2D eigenvalue weighted by Crippen LogP contribution is -2.12. The zero-order valence-corrected chi connectivity index (χ0v) is 10.6. The molecule has 0 heterocycles. The Morgan fingerprint density at radius 3 is 2.27 bits per heavy atom. The molecule has 1 aromatic carbocycles. The average Bonchev–Trinajstić information content (AvgIpc) is 2.09. The summed E-state index contributed by atoms with van der Waals surface area (Å²) in [5, 5.41) is 3.47. The maximum Gasteiger partial charge on any atom is 0.0343 e. The molecule has 1 aromatic rings. The maximum absolute atomic E-state index is 3.47. The van der Waals surface area contributed by atoms with Gasteiger partial charge in [-0.05, 0) is 48.9 Å². The first-order chi connectivity index (χ1) is 6.88. The summed E-state index contributed by atoms with van der Waals surface area (Å²) >= 11 is 0. The molecule has 0 aliphatic heterocycles.